The van der Waals surface area contributed by atoms with Crippen LogP contribution >= 0.6 is 11.6 Å². The Kier molecular flexibility index (Phi) is 6.79. The number of ether oxygens (including phenoxy) is 2. The van der Waals surface area contributed by atoms with Crippen LogP contribution in [0.3, 0.4) is 0 Å². The first-order valence-corrected chi connectivity index (χ1v) is 11.4. The largest absolute Gasteiger partial charge is 0.454 e. The summed E-state index contributed by atoms with van der Waals surface area (Å²) in [6.45, 7) is 2.64. The summed E-state index contributed by atoms with van der Waals surface area (Å²) < 4.78 is 40.4. The van der Waals surface area contributed by atoms with Gasteiger partial charge in [-0.2, -0.15) is 4.39 Å². The lowest BCUT2D eigenvalue weighted by Gasteiger charge is -2.27. The molecule has 0 aliphatic carbocycles. The second kappa shape index (κ2) is 10.3. The van der Waals surface area contributed by atoms with Crippen molar-refractivity contribution >= 4 is 45.9 Å². The molecule has 2 amide bonds. The van der Waals surface area contributed by atoms with E-state index in [1.165, 1.54) is 18.2 Å². The summed E-state index contributed by atoms with van der Waals surface area (Å²) in [7, 11) is 0. The Morgan fingerprint density at radius 3 is 2.64 bits per heavy atom. The molecule has 184 valence electrons. The minimum Gasteiger partial charge on any atom is -0.454 e. The van der Waals surface area contributed by atoms with Crippen molar-refractivity contribution in [2.24, 2.45) is 0 Å². The van der Waals surface area contributed by atoms with E-state index in [-0.39, 0.29) is 17.2 Å². The average molecular weight is 512 g/mol. The highest BCUT2D eigenvalue weighted by Crippen LogP contribution is 2.31. The first-order chi connectivity index (χ1) is 17.5. The number of carbonyl (C=O) groups excluding carboxylic acids is 1. The topological polar surface area (TPSA) is 88.6 Å². The Hall–Kier alpha value is -4.02. The predicted octanol–water partition coefficient (Wildman–Crippen LogP) is 5.83. The van der Waals surface area contributed by atoms with Crippen molar-refractivity contribution in [1.82, 2.24) is 9.97 Å². The summed E-state index contributed by atoms with van der Waals surface area (Å²) in [5, 5.41) is 5.20. The lowest BCUT2D eigenvalue weighted by atomic mass is 10.2. The number of morpholine rings is 1. The Labute approximate surface area is 209 Å². The molecule has 5 rings (SSSR count). The third-order valence-corrected chi connectivity index (χ3v) is 5.68. The number of urea groups is 1. The first-order valence-electron chi connectivity index (χ1n) is 11.1. The molecule has 1 saturated heterocycles. The number of amides is 2. The van der Waals surface area contributed by atoms with E-state index >= 15 is 0 Å². The van der Waals surface area contributed by atoms with E-state index in [1.807, 2.05) is 0 Å². The van der Waals surface area contributed by atoms with Crippen LogP contribution < -0.4 is 20.3 Å². The van der Waals surface area contributed by atoms with E-state index in [1.54, 1.807) is 42.6 Å². The summed E-state index contributed by atoms with van der Waals surface area (Å²) in [4.78, 5) is 23.3. The van der Waals surface area contributed by atoms with Gasteiger partial charge in [-0.3, -0.25) is 4.98 Å². The quantitative estimate of drug-likeness (QED) is 0.350. The smallest absolute Gasteiger partial charge is 0.323 e. The van der Waals surface area contributed by atoms with E-state index in [2.05, 4.69) is 25.5 Å². The maximum absolute atomic E-state index is 14.8. The molecule has 0 radical (unpaired) electrons. The number of anilines is 3. The third kappa shape index (κ3) is 5.29. The van der Waals surface area contributed by atoms with Crippen LogP contribution in [0.5, 0.6) is 11.5 Å². The molecule has 8 nitrogen and oxygen atoms in total. The number of benzene rings is 3. The van der Waals surface area contributed by atoms with Gasteiger partial charge in [-0.1, -0.05) is 17.7 Å². The summed E-state index contributed by atoms with van der Waals surface area (Å²) in [5.41, 5.74) is 1.24. The summed E-state index contributed by atoms with van der Waals surface area (Å²) in [6, 6.07) is 13.0. The predicted molar refractivity (Wildman–Crippen MR) is 133 cm³/mol. The van der Waals surface area contributed by atoms with Gasteiger partial charge >= 0.3 is 6.03 Å². The molecule has 0 saturated carbocycles. The Morgan fingerprint density at radius 2 is 1.83 bits per heavy atom. The van der Waals surface area contributed by atoms with Crippen LogP contribution in [0.2, 0.25) is 5.02 Å². The van der Waals surface area contributed by atoms with Gasteiger partial charge in [0.25, 0.3) is 0 Å². The van der Waals surface area contributed by atoms with E-state index < -0.39 is 17.7 Å². The molecule has 0 bridgehead atoms. The molecule has 2 heterocycles. The number of hydrogen-bond acceptors (Lipinski definition) is 6. The van der Waals surface area contributed by atoms with Crippen molar-refractivity contribution in [3.8, 4) is 11.5 Å². The van der Waals surface area contributed by atoms with Crippen molar-refractivity contribution in [2.75, 3.05) is 41.8 Å². The van der Waals surface area contributed by atoms with Gasteiger partial charge in [0, 0.05) is 29.9 Å². The second-order valence-corrected chi connectivity index (χ2v) is 8.35. The number of fused-ring (bicyclic) bond motifs is 1. The number of nitrogens with zero attached hydrogens (tertiary/aromatic N) is 3. The normalized spacial score (nSPS) is 13.5. The van der Waals surface area contributed by atoms with Crippen LogP contribution in [0.1, 0.15) is 0 Å². The highest BCUT2D eigenvalue weighted by atomic mass is 35.5. The van der Waals surface area contributed by atoms with Crippen molar-refractivity contribution in [3.63, 3.8) is 0 Å². The van der Waals surface area contributed by atoms with E-state index in [0.29, 0.717) is 53.9 Å². The Bertz CT molecular complexity index is 1430. The maximum Gasteiger partial charge on any atom is 0.323 e. The second-order valence-electron chi connectivity index (χ2n) is 7.91. The lowest BCUT2D eigenvalue weighted by Crippen LogP contribution is -2.36. The minimum atomic E-state index is -1.26. The van der Waals surface area contributed by atoms with Gasteiger partial charge in [-0.25, -0.2) is 14.2 Å². The van der Waals surface area contributed by atoms with E-state index in [4.69, 9.17) is 21.1 Å². The third-order valence-electron chi connectivity index (χ3n) is 5.44. The zero-order valence-corrected chi connectivity index (χ0v) is 19.6. The summed E-state index contributed by atoms with van der Waals surface area (Å²) >= 11 is 5.88. The molecule has 1 aliphatic rings. The summed E-state index contributed by atoms with van der Waals surface area (Å²) in [6.07, 6.45) is 1.69. The summed E-state index contributed by atoms with van der Waals surface area (Å²) in [5.74, 6) is -1.89. The molecular formula is C25H20ClF2N5O3. The molecule has 0 unspecified atom stereocenters. The van der Waals surface area contributed by atoms with Gasteiger partial charge in [0.1, 0.15) is 11.6 Å². The molecule has 3 aromatic carbocycles. The fraction of sp³-hybridized carbons (Fsp3) is 0.160. The molecule has 1 aromatic heterocycles. The van der Waals surface area contributed by atoms with E-state index in [0.717, 1.165) is 0 Å². The Balaban J connectivity index is 1.31. The number of hydrogen-bond donors (Lipinski definition) is 2. The van der Waals surface area contributed by atoms with Gasteiger partial charge in [0.05, 0.1) is 36.1 Å². The van der Waals surface area contributed by atoms with Crippen molar-refractivity contribution in [1.29, 1.82) is 0 Å². The monoisotopic (exact) mass is 511 g/mol. The number of aromatic nitrogens is 2. The van der Waals surface area contributed by atoms with Crippen LogP contribution in [-0.2, 0) is 4.74 Å². The fourth-order valence-electron chi connectivity index (χ4n) is 3.67. The Morgan fingerprint density at radius 1 is 1.00 bits per heavy atom. The van der Waals surface area contributed by atoms with Gasteiger partial charge in [-0.05, 0) is 42.5 Å². The van der Waals surface area contributed by atoms with Gasteiger partial charge in [-0.15, -0.1) is 0 Å². The van der Waals surface area contributed by atoms with Gasteiger partial charge < -0.3 is 25.0 Å². The van der Waals surface area contributed by atoms with Crippen LogP contribution in [-0.4, -0.2) is 42.3 Å². The molecule has 1 aliphatic heterocycles. The van der Waals surface area contributed by atoms with Gasteiger partial charge in [0.15, 0.2) is 11.6 Å². The molecule has 4 aromatic rings. The number of rotatable bonds is 5. The fourth-order valence-corrected chi connectivity index (χ4v) is 3.87. The first kappa shape index (κ1) is 23.7. The standard InChI is InChI=1S/C25H20ClF2N5O3/c26-15-2-1-3-16(12-15)30-25(34)32-19-6-7-21(24(28)23(19)27)36-17-4-5-18-20(13-17)31-22(14-29-18)33-8-10-35-11-9-33/h1-7,12-14H,8-11H2,(H2,30,32,34). The van der Waals surface area contributed by atoms with Crippen molar-refractivity contribution in [3.05, 3.63) is 77.5 Å². The highest BCUT2D eigenvalue weighted by Gasteiger charge is 2.18. The average Bonchev–Trinajstić information content (AvgIpc) is 2.88. The number of nitrogens with one attached hydrogen (secondary N) is 2. The molecule has 2 N–H and O–H groups in total. The molecule has 1 fully saturated rings. The van der Waals surface area contributed by atoms with Crippen LogP contribution in [0.15, 0.2) is 60.8 Å². The molecule has 0 atom stereocenters. The molecule has 11 heteroatoms. The number of carbonyl (C=O) groups is 1. The highest BCUT2D eigenvalue weighted by molar-refractivity contribution is 6.30. The van der Waals surface area contributed by atoms with Crippen LogP contribution in [0, 0.1) is 11.6 Å². The lowest BCUT2D eigenvalue weighted by molar-refractivity contribution is 0.122. The zero-order valence-electron chi connectivity index (χ0n) is 18.8. The molecule has 0 spiro atoms. The molecular weight excluding hydrogens is 492 g/mol. The van der Waals surface area contributed by atoms with Crippen molar-refractivity contribution in [2.45, 2.75) is 0 Å². The zero-order chi connectivity index (χ0) is 25.1. The maximum atomic E-state index is 14.8. The van der Waals surface area contributed by atoms with Crippen molar-refractivity contribution < 1.29 is 23.0 Å². The number of halogens is 3. The SMILES string of the molecule is O=C(Nc1cccc(Cl)c1)Nc1ccc(Oc2ccc3ncc(N4CCOCC4)nc3c2)c(F)c1F. The van der Waals surface area contributed by atoms with Crippen LogP contribution in [0.25, 0.3) is 11.0 Å². The van der Waals surface area contributed by atoms with E-state index in [9.17, 15) is 13.6 Å². The van der Waals surface area contributed by atoms with Gasteiger partial charge in [0.2, 0.25) is 5.82 Å². The van der Waals surface area contributed by atoms with Crippen LogP contribution in [0.4, 0.5) is 30.8 Å². The minimum absolute atomic E-state index is 0.258. The molecule has 36 heavy (non-hydrogen) atoms.